The first-order valence-corrected chi connectivity index (χ1v) is 7.24. The number of amidine groups is 1. The maximum absolute atomic E-state index is 12.0. The Morgan fingerprint density at radius 3 is 2.84 bits per heavy atom. The number of hydrogen-bond donors (Lipinski definition) is 1. The van der Waals surface area contributed by atoms with Crippen LogP contribution < -0.4 is 5.32 Å². The van der Waals surface area contributed by atoms with Crippen molar-refractivity contribution in [2.75, 3.05) is 5.32 Å². The molecule has 1 aliphatic rings. The summed E-state index contributed by atoms with van der Waals surface area (Å²) in [5.74, 6) is 0.319. The number of furan rings is 1. The average molecular weight is 297 g/mol. The van der Waals surface area contributed by atoms with Crippen LogP contribution in [0, 0.1) is 0 Å². The average Bonchev–Trinajstić information content (AvgIpc) is 2.82. The zero-order valence-electron chi connectivity index (χ0n) is 9.84. The highest BCUT2D eigenvalue weighted by Crippen LogP contribution is 2.39. The Morgan fingerprint density at radius 2 is 2.16 bits per heavy atom. The molecular weight excluding hydrogens is 288 g/mol. The summed E-state index contributed by atoms with van der Waals surface area (Å²) in [5.41, 5.74) is 1.88. The summed E-state index contributed by atoms with van der Waals surface area (Å²) in [6, 6.07) is 4.81. The number of halogens is 1. The molecule has 0 atom stereocenters. The van der Waals surface area contributed by atoms with Gasteiger partial charge in [0.15, 0.2) is 0 Å². The van der Waals surface area contributed by atoms with Gasteiger partial charge in [0.25, 0.3) is 10.0 Å². The summed E-state index contributed by atoms with van der Waals surface area (Å²) in [4.78, 5) is 0.0711. The van der Waals surface area contributed by atoms with Gasteiger partial charge in [-0.2, -0.15) is 8.42 Å². The van der Waals surface area contributed by atoms with E-state index in [-0.39, 0.29) is 4.90 Å². The van der Waals surface area contributed by atoms with Crippen molar-refractivity contribution in [2.24, 2.45) is 4.40 Å². The highest BCUT2D eigenvalue weighted by molar-refractivity contribution is 7.90. The summed E-state index contributed by atoms with van der Waals surface area (Å²) in [6.45, 7) is 1.59. The Morgan fingerprint density at radius 1 is 1.37 bits per heavy atom. The van der Waals surface area contributed by atoms with E-state index in [1.165, 1.54) is 18.6 Å². The quantitative estimate of drug-likeness (QED) is 0.877. The lowest BCUT2D eigenvalue weighted by Crippen LogP contribution is -2.19. The standard InChI is InChI=1S/C12H9ClN2O3S/c1-7-14-12-10(8-2-3-18-6-8)4-9(13)5-11(12)19(16,17)15-7/h2-6H,1H3,(H,14,15). The Bertz CT molecular complexity index is 780. The highest BCUT2D eigenvalue weighted by atomic mass is 35.5. The molecule has 0 spiro atoms. The molecule has 0 fully saturated rings. The predicted octanol–water partition coefficient (Wildman–Crippen LogP) is 3.13. The van der Waals surface area contributed by atoms with Gasteiger partial charge >= 0.3 is 0 Å². The third-order valence-corrected chi connectivity index (χ3v) is 4.35. The molecule has 2 heterocycles. The van der Waals surface area contributed by atoms with E-state index in [1.807, 2.05) is 0 Å². The smallest absolute Gasteiger partial charge is 0.286 e. The van der Waals surface area contributed by atoms with Gasteiger partial charge in [-0.05, 0) is 25.1 Å². The molecule has 0 radical (unpaired) electrons. The fourth-order valence-electron chi connectivity index (χ4n) is 1.99. The fraction of sp³-hybridized carbons (Fsp3) is 0.0833. The molecule has 98 valence electrons. The van der Waals surface area contributed by atoms with Gasteiger partial charge < -0.3 is 9.73 Å². The topological polar surface area (TPSA) is 71.7 Å². The minimum atomic E-state index is -3.72. The number of rotatable bonds is 1. The van der Waals surface area contributed by atoms with Crippen LogP contribution in [0.5, 0.6) is 0 Å². The van der Waals surface area contributed by atoms with Gasteiger partial charge in [0.2, 0.25) is 0 Å². The second-order valence-corrected chi connectivity index (χ2v) is 6.12. The van der Waals surface area contributed by atoms with Crippen LogP contribution in [0.4, 0.5) is 5.69 Å². The van der Waals surface area contributed by atoms with Gasteiger partial charge in [0.05, 0.1) is 18.2 Å². The number of fused-ring (bicyclic) bond motifs is 1. The fourth-order valence-corrected chi connectivity index (χ4v) is 3.48. The van der Waals surface area contributed by atoms with Gasteiger partial charge in [-0.3, -0.25) is 0 Å². The Balaban J connectivity index is 2.35. The molecule has 0 aliphatic carbocycles. The molecule has 5 nitrogen and oxygen atoms in total. The molecule has 1 aromatic heterocycles. The van der Waals surface area contributed by atoms with Crippen LogP contribution in [0.1, 0.15) is 6.92 Å². The molecule has 1 aliphatic heterocycles. The van der Waals surface area contributed by atoms with Crippen molar-refractivity contribution in [2.45, 2.75) is 11.8 Å². The van der Waals surface area contributed by atoms with Crippen LogP contribution in [0.3, 0.4) is 0 Å². The van der Waals surface area contributed by atoms with Crippen LogP contribution in [0.25, 0.3) is 11.1 Å². The van der Waals surface area contributed by atoms with E-state index >= 15 is 0 Å². The van der Waals surface area contributed by atoms with Crippen LogP contribution in [0.15, 0.2) is 44.4 Å². The Labute approximate surface area is 115 Å². The summed E-state index contributed by atoms with van der Waals surface area (Å²) in [7, 11) is -3.72. The SMILES string of the molecule is CC1=NS(=O)(=O)c2cc(Cl)cc(-c3ccoc3)c2N1. The van der Waals surface area contributed by atoms with E-state index in [1.54, 1.807) is 19.1 Å². The molecule has 0 saturated carbocycles. The molecule has 3 rings (SSSR count). The number of sulfonamides is 1. The minimum absolute atomic E-state index is 0.0711. The van der Waals surface area contributed by atoms with E-state index in [0.717, 1.165) is 5.56 Å². The van der Waals surface area contributed by atoms with Crippen molar-refractivity contribution >= 4 is 33.1 Å². The van der Waals surface area contributed by atoms with E-state index in [9.17, 15) is 8.42 Å². The van der Waals surface area contributed by atoms with Crippen molar-refractivity contribution < 1.29 is 12.8 Å². The lowest BCUT2D eigenvalue weighted by molar-refractivity contribution is 0.568. The monoisotopic (exact) mass is 296 g/mol. The molecule has 0 amide bonds. The second kappa shape index (κ2) is 4.11. The molecule has 0 saturated heterocycles. The number of nitrogens with zero attached hydrogens (tertiary/aromatic N) is 1. The summed E-state index contributed by atoms with van der Waals surface area (Å²) >= 11 is 5.99. The maximum Gasteiger partial charge on any atom is 0.286 e. The Kier molecular flexibility index (Phi) is 2.65. The van der Waals surface area contributed by atoms with Crippen LogP contribution in [-0.4, -0.2) is 14.3 Å². The zero-order valence-corrected chi connectivity index (χ0v) is 11.4. The minimum Gasteiger partial charge on any atom is -0.472 e. The molecule has 0 bridgehead atoms. The summed E-state index contributed by atoms with van der Waals surface area (Å²) in [5, 5.41) is 3.30. The predicted molar refractivity (Wildman–Crippen MR) is 73.1 cm³/mol. The highest BCUT2D eigenvalue weighted by Gasteiger charge is 2.27. The molecular formula is C12H9ClN2O3S. The summed E-state index contributed by atoms with van der Waals surface area (Å²) < 4.78 is 32.7. The largest absolute Gasteiger partial charge is 0.472 e. The van der Waals surface area contributed by atoms with Crippen molar-refractivity contribution in [3.63, 3.8) is 0 Å². The second-order valence-electron chi connectivity index (χ2n) is 4.12. The van der Waals surface area contributed by atoms with Gasteiger partial charge in [-0.25, -0.2) is 0 Å². The van der Waals surface area contributed by atoms with Crippen LogP contribution in [-0.2, 0) is 10.0 Å². The van der Waals surface area contributed by atoms with Crippen molar-refractivity contribution in [1.82, 2.24) is 0 Å². The lowest BCUT2D eigenvalue weighted by Gasteiger charge is -2.19. The third-order valence-electron chi connectivity index (χ3n) is 2.74. The Hall–Kier alpha value is -1.79. The van der Waals surface area contributed by atoms with E-state index < -0.39 is 10.0 Å². The van der Waals surface area contributed by atoms with Crippen LogP contribution in [0.2, 0.25) is 5.02 Å². The molecule has 2 aromatic rings. The van der Waals surface area contributed by atoms with Gasteiger partial charge in [-0.1, -0.05) is 11.6 Å². The van der Waals surface area contributed by atoms with Crippen molar-refractivity contribution in [1.29, 1.82) is 0 Å². The number of anilines is 1. The van der Waals surface area contributed by atoms with Crippen molar-refractivity contribution in [3.05, 3.63) is 35.7 Å². The van der Waals surface area contributed by atoms with E-state index in [4.69, 9.17) is 16.0 Å². The van der Waals surface area contributed by atoms with E-state index in [2.05, 4.69) is 9.71 Å². The third kappa shape index (κ3) is 2.02. The van der Waals surface area contributed by atoms with Gasteiger partial charge in [-0.15, -0.1) is 4.40 Å². The molecule has 7 heteroatoms. The first-order valence-electron chi connectivity index (χ1n) is 5.42. The molecule has 1 N–H and O–H groups in total. The first kappa shape index (κ1) is 12.3. The van der Waals surface area contributed by atoms with Gasteiger partial charge in [0.1, 0.15) is 10.7 Å². The maximum atomic E-state index is 12.0. The molecule has 19 heavy (non-hydrogen) atoms. The van der Waals surface area contributed by atoms with Crippen molar-refractivity contribution in [3.8, 4) is 11.1 Å². The summed E-state index contributed by atoms with van der Waals surface area (Å²) in [6.07, 6.45) is 3.04. The first-order chi connectivity index (χ1) is 8.97. The molecule has 1 aromatic carbocycles. The van der Waals surface area contributed by atoms with Crippen LogP contribution >= 0.6 is 11.6 Å². The zero-order chi connectivity index (χ0) is 13.6. The normalized spacial score (nSPS) is 16.4. The number of benzene rings is 1. The number of nitrogens with one attached hydrogen (secondary N) is 1. The van der Waals surface area contributed by atoms with E-state index in [0.29, 0.717) is 22.1 Å². The number of hydrogen-bond acceptors (Lipinski definition) is 4. The lowest BCUT2D eigenvalue weighted by atomic mass is 10.1. The van der Waals surface area contributed by atoms with Gasteiger partial charge in [0, 0.05) is 16.1 Å². The molecule has 0 unspecified atom stereocenters.